The van der Waals surface area contributed by atoms with Gasteiger partial charge in [0, 0.05) is 17.3 Å². The highest BCUT2D eigenvalue weighted by Crippen LogP contribution is 2.29. The quantitative estimate of drug-likeness (QED) is 0.553. The van der Waals surface area contributed by atoms with Crippen molar-refractivity contribution in [1.29, 1.82) is 0 Å². The molecule has 0 saturated heterocycles. The van der Waals surface area contributed by atoms with E-state index in [1.54, 1.807) is 25.3 Å². The summed E-state index contributed by atoms with van der Waals surface area (Å²) in [6, 6.07) is 12.5. The third-order valence-corrected chi connectivity index (χ3v) is 4.09. The van der Waals surface area contributed by atoms with E-state index in [9.17, 15) is 8.42 Å². The molecule has 0 fully saturated rings. The minimum Gasteiger partial charge on any atom is -0.496 e. The van der Waals surface area contributed by atoms with E-state index in [2.05, 4.69) is 15.0 Å². The molecule has 0 bridgehead atoms. The second-order valence-electron chi connectivity index (χ2n) is 5.55. The summed E-state index contributed by atoms with van der Waals surface area (Å²) >= 11 is 0. The van der Waals surface area contributed by atoms with Gasteiger partial charge in [0.1, 0.15) is 5.75 Å². The number of rotatable bonds is 7. The van der Waals surface area contributed by atoms with Crippen LogP contribution in [-0.2, 0) is 16.6 Å². The van der Waals surface area contributed by atoms with Crippen molar-refractivity contribution in [3.8, 4) is 17.2 Å². The van der Waals surface area contributed by atoms with Gasteiger partial charge in [-0.15, -0.1) is 0 Å². The van der Waals surface area contributed by atoms with Gasteiger partial charge in [0.15, 0.2) is 11.5 Å². The Bertz CT molecular complexity index is 913. The van der Waals surface area contributed by atoms with Crippen molar-refractivity contribution < 1.29 is 22.6 Å². The molecule has 2 aromatic rings. The Hall–Kier alpha value is -2.94. The van der Waals surface area contributed by atoms with Crippen LogP contribution in [0.4, 0.5) is 5.69 Å². The number of benzene rings is 2. The Kier molecular flexibility index (Phi) is 6.89. The summed E-state index contributed by atoms with van der Waals surface area (Å²) in [5.41, 5.74) is 1.41. The fraction of sp³-hybridized carbons (Fsp3) is 0.278. The molecule has 0 amide bonds. The van der Waals surface area contributed by atoms with Gasteiger partial charge in [-0.25, -0.2) is 13.4 Å². The number of anilines is 1. The standard InChI is InChI=1S/C18H23N3O5S/c1-24-15-8-6-5-7-13(15)12-19-18(21-27(4,22)23)20-14-9-10-16(25-2)17(11-14)26-3/h5-11H,12H2,1-4H3,(H2,19,20,21). The van der Waals surface area contributed by atoms with Gasteiger partial charge in [-0.3, -0.25) is 4.72 Å². The van der Waals surface area contributed by atoms with Crippen LogP contribution >= 0.6 is 0 Å². The average Bonchev–Trinajstić information content (AvgIpc) is 2.65. The van der Waals surface area contributed by atoms with E-state index < -0.39 is 10.0 Å². The van der Waals surface area contributed by atoms with Crippen LogP contribution in [0.1, 0.15) is 5.56 Å². The monoisotopic (exact) mass is 393 g/mol. The summed E-state index contributed by atoms with van der Waals surface area (Å²) in [5.74, 6) is 1.82. The molecule has 0 spiro atoms. The van der Waals surface area contributed by atoms with Crippen molar-refractivity contribution in [3.63, 3.8) is 0 Å². The number of aliphatic imine (C=N–C) groups is 1. The zero-order valence-corrected chi connectivity index (χ0v) is 16.5. The largest absolute Gasteiger partial charge is 0.496 e. The highest BCUT2D eigenvalue weighted by Gasteiger charge is 2.10. The van der Waals surface area contributed by atoms with Crippen LogP contribution in [0.5, 0.6) is 17.2 Å². The van der Waals surface area contributed by atoms with E-state index in [0.29, 0.717) is 22.9 Å². The van der Waals surface area contributed by atoms with Crippen molar-refractivity contribution >= 4 is 21.7 Å². The van der Waals surface area contributed by atoms with Crippen LogP contribution in [0.2, 0.25) is 0 Å². The zero-order valence-electron chi connectivity index (χ0n) is 15.6. The topological polar surface area (TPSA) is 98.2 Å². The van der Waals surface area contributed by atoms with Gasteiger partial charge >= 0.3 is 0 Å². The summed E-state index contributed by atoms with van der Waals surface area (Å²) in [5, 5.41) is 2.95. The molecule has 8 nitrogen and oxygen atoms in total. The summed E-state index contributed by atoms with van der Waals surface area (Å²) in [6.45, 7) is 0.224. The number of guanidine groups is 1. The van der Waals surface area contributed by atoms with Gasteiger partial charge in [-0.05, 0) is 18.2 Å². The van der Waals surface area contributed by atoms with Gasteiger partial charge in [-0.1, -0.05) is 18.2 Å². The zero-order chi connectivity index (χ0) is 19.9. The van der Waals surface area contributed by atoms with Gasteiger partial charge in [0.05, 0.1) is 34.1 Å². The molecule has 0 saturated carbocycles. The number of hydrogen-bond donors (Lipinski definition) is 2. The molecule has 0 unspecified atom stereocenters. The summed E-state index contributed by atoms with van der Waals surface area (Å²) in [4.78, 5) is 4.34. The van der Waals surface area contributed by atoms with Crippen molar-refractivity contribution in [1.82, 2.24) is 4.72 Å². The summed E-state index contributed by atoms with van der Waals surface area (Å²) in [6.07, 6.45) is 1.06. The number of sulfonamides is 1. The summed E-state index contributed by atoms with van der Waals surface area (Å²) in [7, 11) is 1.11. The molecule has 2 N–H and O–H groups in total. The number of methoxy groups -OCH3 is 3. The van der Waals surface area contributed by atoms with Gasteiger partial charge in [0.25, 0.3) is 0 Å². The molecule has 9 heteroatoms. The lowest BCUT2D eigenvalue weighted by molar-refractivity contribution is 0.355. The van der Waals surface area contributed by atoms with Gasteiger partial charge < -0.3 is 19.5 Å². The molecule has 0 aromatic heterocycles. The molecular weight excluding hydrogens is 370 g/mol. The maximum atomic E-state index is 11.7. The Morgan fingerprint density at radius 3 is 2.26 bits per heavy atom. The summed E-state index contributed by atoms with van der Waals surface area (Å²) < 4.78 is 41.5. The third-order valence-electron chi connectivity index (χ3n) is 3.53. The van der Waals surface area contributed by atoms with Crippen LogP contribution in [0.25, 0.3) is 0 Å². The fourth-order valence-corrected chi connectivity index (χ4v) is 2.79. The number of ether oxygens (including phenoxy) is 3. The van der Waals surface area contributed by atoms with E-state index in [4.69, 9.17) is 14.2 Å². The van der Waals surface area contributed by atoms with Gasteiger partial charge in [-0.2, -0.15) is 0 Å². The molecule has 2 rings (SSSR count). The van der Waals surface area contributed by atoms with E-state index in [-0.39, 0.29) is 12.5 Å². The van der Waals surface area contributed by atoms with Crippen LogP contribution in [0.15, 0.2) is 47.5 Å². The molecule has 0 atom stereocenters. The van der Waals surface area contributed by atoms with Crippen LogP contribution in [0.3, 0.4) is 0 Å². The molecule has 2 aromatic carbocycles. The lowest BCUT2D eigenvalue weighted by Gasteiger charge is -2.14. The molecule has 0 aliphatic rings. The van der Waals surface area contributed by atoms with Crippen LogP contribution < -0.4 is 24.2 Å². The minimum absolute atomic E-state index is 0.0793. The second kappa shape index (κ2) is 9.13. The normalized spacial score (nSPS) is 11.6. The van der Waals surface area contributed by atoms with Crippen molar-refractivity contribution in [2.24, 2.45) is 4.99 Å². The Morgan fingerprint density at radius 1 is 0.963 bits per heavy atom. The lowest BCUT2D eigenvalue weighted by atomic mass is 10.2. The Balaban J connectivity index is 2.29. The van der Waals surface area contributed by atoms with Crippen molar-refractivity contribution in [3.05, 3.63) is 48.0 Å². The van der Waals surface area contributed by atoms with Crippen molar-refractivity contribution in [2.45, 2.75) is 6.54 Å². The molecule has 27 heavy (non-hydrogen) atoms. The van der Waals surface area contributed by atoms with Gasteiger partial charge in [0.2, 0.25) is 16.0 Å². The maximum absolute atomic E-state index is 11.7. The smallest absolute Gasteiger partial charge is 0.232 e. The molecule has 0 aliphatic heterocycles. The SMILES string of the molecule is COc1ccccc1CN=C(Nc1ccc(OC)c(OC)c1)NS(C)(=O)=O. The third kappa shape index (κ3) is 6.07. The molecule has 0 radical (unpaired) electrons. The predicted molar refractivity (Wildman–Crippen MR) is 105 cm³/mol. The molecule has 0 aliphatic carbocycles. The first-order valence-corrected chi connectivity index (χ1v) is 9.88. The Labute approximate surface area is 159 Å². The van der Waals surface area contributed by atoms with Crippen LogP contribution in [0, 0.1) is 0 Å². The van der Waals surface area contributed by atoms with E-state index in [1.165, 1.54) is 14.2 Å². The molecule has 0 heterocycles. The van der Waals surface area contributed by atoms with Crippen LogP contribution in [-0.4, -0.2) is 42.0 Å². The second-order valence-corrected chi connectivity index (χ2v) is 7.29. The first-order chi connectivity index (χ1) is 12.9. The number of nitrogens with one attached hydrogen (secondary N) is 2. The fourth-order valence-electron chi connectivity index (χ4n) is 2.32. The van der Waals surface area contributed by atoms with E-state index in [1.807, 2.05) is 24.3 Å². The highest BCUT2D eigenvalue weighted by atomic mass is 32.2. The average molecular weight is 393 g/mol. The predicted octanol–water partition coefficient (Wildman–Crippen LogP) is 2.23. The maximum Gasteiger partial charge on any atom is 0.232 e. The number of nitrogens with zero attached hydrogens (tertiary/aromatic N) is 1. The molecular formula is C18H23N3O5S. The van der Waals surface area contributed by atoms with Crippen molar-refractivity contribution in [2.75, 3.05) is 32.9 Å². The van der Waals surface area contributed by atoms with E-state index >= 15 is 0 Å². The van der Waals surface area contributed by atoms with E-state index in [0.717, 1.165) is 11.8 Å². The first kappa shape index (κ1) is 20.4. The Morgan fingerprint density at radius 2 is 1.63 bits per heavy atom. The minimum atomic E-state index is -3.52. The number of para-hydroxylation sites is 1. The lowest BCUT2D eigenvalue weighted by Crippen LogP contribution is -2.35. The number of hydrogen-bond acceptors (Lipinski definition) is 6. The molecule has 146 valence electrons. The first-order valence-electron chi connectivity index (χ1n) is 7.99. The highest BCUT2D eigenvalue weighted by molar-refractivity contribution is 7.89.